The molecular weight excluding hydrogens is 336 g/mol. The lowest BCUT2D eigenvalue weighted by molar-refractivity contribution is -0.138. The Labute approximate surface area is 151 Å². The highest BCUT2D eigenvalue weighted by atomic mass is 32.2. The maximum absolute atomic E-state index is 12.7. The largest absolute Gasteiger partial charge is 0.342 e. The van der Waals surface area contributed by atoms with Gasteiger partial charge < -0.3 is 4.90 Å². The van der Waals surface area contributed by atoms with Gasteiger partial charge in [-0.15, -0.1) is 0 Å². The number of carbonyl (C=O) groups is 1. The van der Waals surface area contributed by atoms with E-state index in [9.17, 15) is 13.2 Å². The third-order valence-corrected chi connectivity index (χ3v) is 7.47. The second kappa shape index (κ2) is 7.46. The first-order valence-electron chi connectivity index (χ1n) is 9.23. The third kappa shape index (κ3) is 4.06. The molecule has 2 aliphatic heterocycles. The fraction of sp³-hybridized carbons (Fsp3) is 0.632. The van der Waals surface area contributed by atoms with Gasteiger partial charge in [-0.1, -0.05) is 24.6 Å². The van der Waals surface area contributed by atoms with Crippen molar-refractivity contribution < 1.29 is 13.2 Å². The van der Waals surface area contributed by atoms with E-state index in [0.717, 1.165) is 31.5 Å². The summed E-state index contributed by atoms with van der Waals surface area (Å²) in [6.45, 7) is 6.72. The average molecular weight is 365 g/mol. The van der Waals surface area contributed by atoms with Crippen molar-refractivity contribution in [2.45, 2.75) is 44.4 Å². The highest BCUT2D eigenvalue weighted by molar-refractivity contribution is 7.89. The third-order valence-electron chi connectivity index (χ3n) is 5.56. The molecule has 0 spiro atoms. The van der Waals surface area contributed by atoms with E-state index in [-0.39, 0.29) is 11.8 Å². The number of aryl methyl sites for hydroxylation is 1. The second-order valence-electron chi connectivity index (χ2n) is 7.50. The lowest BCUT2D eigenvalue weighted by Gasteiger charge is -2.36. The van der Waals surface area contributed by atoms with Crippen LogP contribution in [0.15, 0.2) is 29.2 Å². The Morgan fingerprint density at radius 2 is 1.52 bits per heavy atom. The molecule has 1 aromatic rings. The normalized spacial score (nSPS) is 21.4. The van der Waals surface area contributed by atoms with Crippen LogP contribution in [0.1, 0.15) is 38.2 Å². The van der Waals surface area contributed by atoms with Gasteiger partial charge in [0.2, 0.25) is 15.9 Å². The lowest BCUT2D eigenvalue weighted by Crippen LogP contribution is -2.46. The first-order valence-corrected chi connectivity index (χ1v) is 10.7. The predicted octanol–water partition coefficient (Wildman–Crippen LogP) is 2.65. The zero-order valence-corrected chi connectivity index (χ0v) is 16.0. The number of piperidine rings is 2. The van der Waals surface area contributed by atoms with E-state index in [2.05, 4.69) is 6.92 Å². The molecule has 2 aliphatic rings. The Hall–Kier alpha value is -1.40. The molecule has 2 fully saturated rings. The lowest BCUT2D eigenvalue weighted by atomic mass is 9.93. The van der Waals surface area contributed by atoms with Crippen molar-refractivity contribution in [2.75, 3.05) is 26.2 Å². The minimum atomic E-state index is -3.45. The molecule has 0 saturated carbocycles. The number of benzene rings is 1. The molecular formula is C19H28N2O3S. The van der Waals surface area contributed by atoms with E-state index < -0.39 is 10.0 Å². The van der Waals surface area contributed by atoms with Crippen molar-refractivity contribution in [1.29, 1.82) is 0 Å². The zero-order chi connectivity index (χ0) is 18.0. The van der Waals surface area contributed by atoms with Crippen LogP contribution in [-0.2, 0) is 14.8 Å². The molecule has 1 aromatic carbocycles. The van der Waals surface area contributed by atoms with Crippen LogP contribution in [-0.4, -0.2) is 49.7 Å². The van der Waals surface area contributed by atoms with Crippen molar-refractivity contribution in [3.8, 4) is 0 Å². The van der Waals surface area contributed by atoms with Crippen molar-refractivity contribution >= 4 is 15.9 Å². The summed E-state index contributed by atoms with van der Waals surface area (Å²) in [5.74, 6) is 0.891. The summed E-state index contributed by atoms with van der Waals surface area (Å²) in [6, 6.07) is 6.97. The smallest absolute Gasteiger partial charge is 0.243 e. The fourth-order valence-electron chi connectivity index (χ4n) is 3.69. The first kappa shape index (κ1) is 18.4. The molecule has 0 aromatic heterocycles. The molecule has 0 N–H and O–H groups in total. The molecule has 2 saturated heterocycles. The Kier molecular flexibility index (Phi) is 5.49. The van der Waals surface area contributed by atoms with Gasteiger partial charge in [-0.2, -0.15) is 4.31 Å². The summed E-state index contributed by atoms with van der Waals surface area (Å²) in [5, 5.41) is 0. The monoisotopic (exact) mass is 364 g/mol. The van der Waals surface area contributed by atoms with E-state index in [1.165, 1.54) is 4.31 Å². The number of hydrogen-bond acceptors (Lipinski definition) is 3. The molecule has 3 rings (SSSR count). The van der Waals surface area contributed by atoms with Crippen LogP contribution >= 0.6 is 0 Å². The number of likely N-dealkylation sites (tertiary alicyclic amines) is 1. The number of hydrogen-bond donors (Lipinski definition) is 0. The quantitative estimate of drug-likeness (QED) is 0.828. The van der Waals surface area contributed by atoms with Gasteiger partial charge in [-0.25, -0.2) is 8.42 Å². The van der Waals surface area contributed by atoms with E-state index >= 15 is 0 Å². The summed E-state index contributed by atoms with van der Waals surface area (Å²) in [5.41, 5.74) is 1.04. The van der Waals surface area contributed by atoms with E-state index in [0.29, 0.717) is 36.7 Å². The highest BCUT2D eigenvalue weighted by Crippen LogP contribution is 2.27. The molecule has 1 amide bonds. The number of nitrogens with zero attached hydrogens (tertiary/aromatic N) is 2. The number of carbonyl (C=O) groups excluding carboxylic acids is 1. The summed E-state index contributed by atoms with van der Waals surface area (Å²) in [6.07, 6.45) is 3.39. The first-order chi connectivity index (χ1) is 11.9. The standard InChI is InChI=1S/C19H28N2O3S/c1-15-3-5-18(6-4-15)25(23,24)21-13-9-17(10-14-21)19(22)20-11-7-16(2)8-12-20/h3-6,16-17H,7-14H2,1-2H3. The van der Waals surface area contributed by atoms with Crippen molar-refractivity contribution in [2.24, 2.45) is 11.8 Å². The average Bonchev–Trinajstić information content (AvgIpc) is 2.62. The molecule has 138 valence electrons. The van der Waals surface area contributed by atoms with Crippen LogP contribution < -0.4 is 0 Å². The fourth-order valence-corrected chi connectivity index (χ4v) is 5.16. The Bertz CT molecular complexity index is 699. The summed E-state index contributed by atoms with van der Waals surface area (Å²) < 4.78 is 27.0. The van der Waals surface area contributed by atoms with Crippen LogP contribution in [0.4, 0.5) is 0 Å². The van der Waals surface area contributed by atoms with Crippen LogP contribution in [0.3, 0.4) is 0 Å². The van der Waals surface area contributed by atoms with Crippen LogP contribution in [0.25, 0.3) is 0 Å². The summed E-state index contributed by atoms with van der Waals surface area (Å²) in [4.78, 5) is 15.0. The maximum atomic E-state index is 12.7. The molecule has 5 nitrogen and oxygen atoms in total. The van der Waals surface area contributed by atoms with Gasteiger partial charge in [0.1, 0.15) is 0 Å². The van der Waals surface area contributed by atoms with Crippen molar-refractivity contribution in [3.05, 3.63) is 29.8 Å². The second-order valence-corrected chi connectivity index (χ2v) is 9.44. The van der Waals surface area contributed by atoms with E-state index in [1.54, 1.807) is 12.1 Å². The Morgan fingerprint density at radius 3 is 2.08 bits per heavy atom. The SMILES string of the molecule is Cc1ccc(S(=O)(=O)N2CCC(C(=O)N3CCC(C)CC3)CC2)cc1. The molecule has 25 heavy (non-hydrogen) atoms. The van der Waals surface area contributed by atoms with Crippen LogP contribution in [0.2, 0.25) is 0 Å². The summed E-state index contributed by atoms with van der Waals surface area (Å²) >= 11 is 0. The van der Waals surface area contributed by atoms with Crippen LogP contribution in [0, 0.1) is 18.8 Å². The van der Waals surface area contributed by atoms with Crippen molar-refractivity contribution in [3.63, 3.8) is 0 Å². The molecule has 6 heteroatoms. The van der Waals surface area contributed by atoms with Crippen LogP contribution in [0.5, 0.6) is 0 Å². The minimum Gasteiger partial charge on any atom is -0.342 e. The zero-order valence-electron chi connectivity index (χ0n) is 15.1. The predicted molar refractivity (Wildman–Crippen MR) is 97.6 cm³/mol. The van der Waals surface area contributed by atoms with Gasteiger partial charge in [0, 0.05) is 32.1 Å². The molecule has 0 aliphatic carbocycles. The van der Waals surface area contributed by atoms with Gasteiger partial charge in [-0.05, 0) is 50.7 Å². The Balaban J connectivity index is 1.59. The van der Waals surface area contributed by atoms with Gasteiger partial charge in [0.25, 0.3) is 0 Å². The topological polar surface area (TPSA) is 57.7 Å². The molecule has 0 atom stereocenters. The summed E-state index contributed by atoms with van der Waals surface area (Å²) in [7, 11) is -3.45. The number of sulfonamides is 1. The van der Waals surface area contributed by atoms with E-state index in [1.807, 2.05) is 24.0 Å². The Morgan fingerprint density at radius 1 is 0.960 bits per heavy atom. The van der Waals surface area contributed by atoms with Gasteiger partial charge >= 0.3 is 0 Å². The van der Waals surface area contributed by atoms with Gasteiger partial charge in [0.15, 0.2) is 0 Å². The molecule has 0 unspecified atom stereocenters. The van der Waals surface area contributed by atoms with E-state index in [4.69, 9.17) is 0 Å². The molecule has 2 heterocycles. The maximum Gasteiger partial charge on any atom is 0.243 e. The van der Waals surface area contributed by atoms with Gasteiger partial charge in [-0.3, -0.25) is 4.79 Å². The number of rotatable bonds is 3. The number of amides is 1. The van der Waals surface area contributed by atoms with Gasteiger partial charge in [0.05, 0.1) is 4.90 Å². The minimum absolute atomic E-state index is 0.0297. The highest BCUT2D eigenvalue weighted by Gasteiger charge is 2.34. The molecule has 0 radical (unpaired) electrons. The molecule has 0 bridgehead atoms. The van der Waals surface area contributed by atoms with Crippen molar-refractivity contribution in [1.82, 2.24) is 9.21 Å².